The third kappa shape index (κ3) is 5.55. The SMILES string of the molecule is CC(C)=C1CCC(N2CCC(n3c(COC(N)O)c(CN4CCCC4)c4cc(F)ccc43)CC2)CC1. The second-order valence-corrected chi connectivity index (χ2v) is 11.2. The summed E-state index contributed by atoms with van der Waals surface area (Å²) in [6.45, 7) is 9.80. The summed E-state index contributed by atoms with van der Waals surface area (Å²) in [7, 11) is 0. The van der Waals surface area contributed by atoms with Crippen molar-refractivity contribution in [1.29, 1.82) is 0 Å². The lowest BCUT2D eigenvalue weighted by molar-refractivity contribution is -0.105. The third-order valence-electron chi connectivity index (χ3n) is 8.80. The topological polar surface area (TPSA) is 66.9 Å². The molecular formula is C29H43FN4O2. The molecule has 36 heavy (non-hydrogen) atoms. The number of halogens is 1. The zero-order valence-electron chi connectivity index (χ0n) is 22.0. The Kier molecular flexibility index (Phi) is 8.13. The van der Waals surface area contributed by atoms with Gasteiger partial charge in [-0.15, -0.1) is 0 Å². The van der Waals surface area contributed by atoms with Gasteiger partial charge in [-0.25, -0.2) is 4.39 Å². The van der Waals surface area contributed by atoms with Crippen LogP contribution in [-0.2, 0) is 17.9 Å². The van der Waals surface area contributed by atoms with Crippen molar-refractivity contribution in [2.24, 2.45) is 5.73 Å². The first-order valence-corrected chi connectivity index (χ1v) is 13.9. The van der Waals surface area contributed by atoms with Crippen molar-refractivity contribution in [1.82, 2.24) is 14.4 Å². The standard InChI is InChI=1S/C29H43FN4O2/c1-20(2)21-5-8-23(9-6-21)33-15-11-24(12-16-33)34-27-10-7-22(30)17-25(27)26(18-32-13-3-4-14-32)28(34)19-36-29(31)35/h7,10,17,23-24,29,35H,3-6,8-9,11-16,18-19,31H2,1-2H3. The molecule has 198 valence electrons. The number of piperidine rings is 1. The van der Waals surface area contributed by atoms with Crippen LogP contribution >= 0.6 is 0 Å². The van der Waals surface area contributed by atoms with E-state index in [9.17, 15) is 9.50 Å². The van der Waals surface area contributed by atoms with Crippen molar-refractivity contribution in [3.05, 3.63) is 46.4 Å². The maximum Gasteiger partial charge on any atom is 0.211 e. The first-order valence-electron chi connectivity index (χ1n) is 13.9. The van der Waals surface area contributed by atoms with Crippen LogP contribution in [0.4, 0.5) is 4.39 Å². The van der Waals surface area contributed by atoms with E-state index in [2.05, 4.69) is 28.2 Å². The molecule has 0 bridgehead atoms. The van der Waals surface area contributed by atoms with E-state index in [0.29, 0.717) is 12.1 Å². The number of ether oxygens (including phenoxy) is 1. The lowest BCUT2D eigenvalue weighted by Gasteiger charge is -2.41. The summed E-state index contributed by atoms with van der Waals surface area (Å²) in [4.78, 5) is 5.15. The van der Waals surface area contributed by atoms with Crippen molar-refractivity contribution in [3.63, 3.8) is 0 Å². The molecule has 1 unspecified atom stereocenters. The predicted octanol–water partition coefficient (Wildman–Crippen LogP) is 5.04. The Morgan fingerprint density at radius 2 is 1.75 bits per heavy atom. The first kappa shape index (κ1) is 25.9. The molecule has 1 atom stereocenters. The van der Waals surface area contributed by atoms with Crippen LogP contribution in [0.1, 0.15) is 82.5 Å². The summed E-state index contributed by atoms with van der Waals surface area (Å²) in [5.74, 6) is -0.212. The molecule has 2 aliphatic heterocycles. The van der Waals surface area contributed by atoms with Gasteiger partial charge in [-0.3, -0.25) is 10.6 Å². The molecule has 0 spiro atoms. The quantitative estimate of drug-likeness (QED) is 0.413. The highest BCUT2D eigenvalue weighted by Gasteiger charge is 2.31. The minimum atomic E-state index is -1.33. The number of hydrogen-bond acceptors (Lipinski definition) is 5. The number of fused-ring (bicyclic) bond motifs is 1. The number of allylic oxidation sites excluding steroid dienone is 2. The average Bonchev–Trinajstić information content (AvgIpc) is 3.49. The highest BCUT2D eigenvalue weighted by molar-refractivity contribution is 5.86. The van der Waals surface area contributed by atoms with E-state index < -0.39 is 6.41 Å². The monoisotopic (exact) mass is 498 g/mol. The summed E-state index contributed by atoms with van der Waals surface area (Å²) in [6, 6.07) is 6.18. The lowest BCUT2D eigenvalue weighted by Crippen LogP contribution is -2.43. The predicted molar refractivity (Wildman–Crippen MR) is 142 cm³/mol. The molecule has 1 saturated carbocycles. The van der Waals surface area contributed by atoms with Gasteiger partial charge in [-0.05, 0) is 102 Å². The number of aliphatic hydroxyl groups is 1. The minimum Gasteiger partial charge on any atom is -0.356 e. The molecule has 0 radical (unpaired) electrons. The molecule has 1 aliphatic carbocycles. The van der Waals surface area contributed by atoms with Crippen molar-refractivity contribution >= 4 is 10.9 Å². The number of aliphatic hydroxyl groups excluding tert-OH is 1. The largest absolute Gasteiger partial charge is 0.356 e. The molecule has 1 aromatic heterocycles. The number of likely N-dealkylation sites (tertiary alicyclic amines) is 2. The fraction of sp³-hybridized carbons (Fsp3) is 0.655. The molecule has 3 heterocycles. The van der Waals surface area contributed by atoms with Gasteiger partial charge in [0.15, 0.2) is 0 Å². The number of benzene rings is 1. The zero-order chi connectivity index (χ0) is 25.2. The van der Waals surface area contributed by atoms with Gasteiger partial charge >= 0.3 is 0 Å². The van der Waals surface area contributed by atoms with Gasteiger partial charge in [0, 0.05) is 48.3 Å². The van der Waals surface area contributed by atoms with Crippen LogP contribution in [0.5, 0.6) is 0 Å². The van der Waals surface area contributed by atoms with Crippen LogP contribution < -0.4 is 5.73 Å². The fourth-order valence-corrected chi connectivity index (χ4v) is 6.81. The van der Waals surface area contributed by atoms with E-state index in [1.807, 2.05) is 6.07 Å². The van der Waals surface area contributed by atoms with E-state index in [4.69, 9.17) is 10.5 Å². The van der Waals surface area contributed by atoms with Crippen LogP contribution in [0.15, 0.2) is 29.3 Å². The van der Waals surface area contributed by atoms with Crippen LogP contribution in [0, 0.1) is 5.82 Å². The number of aromatic nitrogens is 1. The van der Waals surface area contributed by atoms with Crippen LogP contribution in [-0.4, -0.2) is 58.1 Å². The second kappa shape index (κ2) is 11.3. The smallest absolute Gasteiger partial charge is 0.211 e. The number of hydrogen-bond donors (Lipinski definition) is 2. The minimum absolute atomic E-state index is 0.212. The van der Waals surface area contributed by atoms with E-state index in [1.165, 1.54) is 44.1 Å². The van der Waals surface area contributed by atoms with E-state index in [-0.39, 0.29) is 12.4 Å². The highest BCUT2D eigenvalue weighted by atomic mass is 19.1. The van der Waals surface area contributed by atoms with Gasteiger partial charge in [0.25, 0.3) is 0 Å². The Bertz CT molecular complexity index is 1070. The molecule has 3 aliphatic rings. The summed E-state index contributed by atoms with van der Waals surface area (Å²) < 4.78 is 22.4. The second-order valence-electron chi connectivity index (χ2n) is 11.2. The molecule has 3 N–H and O–H groups in total. The number of nitrogens with zero attached hydrogens (tertiary/aromatic N) is 3. The molecule has 6 nitrogen and oxygen atoms in total. The Morgan fingerprint density at radius 3 is 2.39 bits per heavy atom. The Labute approximate surface area is 214 Å². The molecule has 1 aromatic carbocycles. The molecule has 2 aromatic rings. The van der Waals surface area contributed by atoms with Gasteiger partial charge < -0.3 is 19.3 Å². The molecule has 0 amide bonds. The Hall–Kier alpha value is -1.77. The van der Waals surface area contributed by atoms with Gasteiger partial charge in [0.1, 0.15) is 5.82 Å². The van der Waals surface area contributed by atoms with Crippen LogP contribution in [0.3, 0.4) is 0 Å². The van der Waals surface area contributed by atoms with Gasteiger partial charge in [0.2, 0.25) is 6.41 Å². The third-order valence-corrected chi connectivity index (χ3v) is 8.80. The van der Waals surface area contributed by atoms with Crippen LogP contribution in [0.2, 0.25) is 0 Å². The maximum absolute atomic E-state index is 14.4. The van der Waals surface area contributed by atoms with Gasteiger partial charge in [-0.2, -0.15) is 0 Å². The van der Waals surface area contributed by atoms with Crippen molar-refractivity contribution in [2.45, 2.75) is 96.9 Å². The van der Waals surface area contributed by atoms with Crippen molar-refractivity contribution in [3.8, 4) is 0 Å². The highest BCUT2D eigenvalue weighted by Crippen LogP contribution is 2.38. The molecule has 7 heteroatoms. The maximum atomic E-state index is 14.4. The van der Waals surface area contributed by atoms with E-state index >= 15 is 0 Å². The molecular weight excluding hydrogens is 455 g/mol. The van der Waals surface area contributed by atoms with Crippen molar-refractivity contribution < 1.29 is 14.2 Å². The molecule has 2 saturated heterocycles. The summed E-state index contributed by atoms with van der Waals surface area (Å²) >= 11 is 0. The summed E-state index contributed by atoms with van der Waals surface area (Å²) in [5, 5.41) is 10.7. The normalized spacial score (nSPS) is 23.6. The zero-order valence-corrected chi connectivity index (χ0v) is 22.0. The first-order chi connectivity index (χ1) is 17.4. The van der Waals surface area contributed by atoms with Crippen molar-refractivity contribution in [2.75, 3.05) is 26.2 Å². The molecule has 5 rings (SSSR count). The summed E-state index contributed by atoms with van der Waals surface area (Å²) in [6.07, 6.45) is 8.22. The van der Waals surface area contributed by atoms with E-state index in [0.717, 1.165) is 67.7 Å². The number of nitrogens with two attached hydrogens (primary N) is 1. The molecule has 3 fully saturated rings. The van der Waals surface area contributed by atoms with Gasteiger partial charge in [0.05, 0.1) is 6.61 Å². The lowest BCUT2D eigenvalue weighted by atomic mass is 9.86. The Morgan fingerprint density at radius 1 is 1.06 bits per heavy atom. The van der Waals surface area contributed by atoms with Crippen LogP contribution in [0.25, 0.3) is 10.9 Å². The Balaban J connectivity index is 1.40. The van der Waals surface area contributed by atoms with Gasteiger partial charge in [-0.1, -0.05) is 11.1 Å². The summed E-state index contributed by atoms with van der Waals surface area (Å²) in [5.41, 5.74) is 12.0. The fourth-order valence-electron chi connectivity index (χ4n) is 6.81. The average molecular weight is 499 g/mol. The number of rotatable bonds is 7. The van der Waals surface area contributed by atoms with E-state index in [1.54, 1.807) is 17.7 Å².